The van der Waals surface area contributed by atoms with Crippen molar-refractivity contribution in [3.63, 3.8) is 0 Å². The first-order valence-electron chi connectivity index (χ1n) is 14.9. The summed E-state index contributed by atoms with van der Waals surface area (Å²) in [5.74, 6) is -3.88. The Morgan fingerprint density at radius 3 is 2.40 bits per heavy atom. The molecule has 1 amide bonds. The Bertz CT molecular complexity index is 1540. The predicted octanol–water partition coefficient (Wildman–Crippen LogP) is 4.36. The standard InChI is InChI=1S/C25H34F2N2O5S/c1-17(2)15-28(35(33,34)19-11-12-20(26)21(27)14-19)16-23(30)22(13-18-9-7-6-8-10-18)29(24(31)32)25(3,4)5/h6-12,14,17,22-23,30H,13,15-16H2,1-5H3,(H,31,32)/t22-,23+/m0/s1/i6D,7D,9D,13D2,16D2,22D,23D. The van der Waals surface area contributed by atoms with E-state index in [0.29, 0.717) is 12.1 Å². The molecule has 2 rings (SSSR count). The van der Waals surface area contributed by atoms with Crippen LogP contribution in [0.5, 0.6) is 0 Å². The van der Waals surface area contributed by atoms with Crippen molar-refractivity contribution in [2.75, 3.05) is 13.0 Å². The summed E-state index contributed by atoms with van der Waals surface area (Å²) in [6.07, 6.45) is -10.3. The van der Waals surface area contributed by atoms with Crippen LogP contribution in [0.3, 0.4) is 0 Å². The summed E-state index contributed by atoms with van der Waals surface area (Å²) < 4.78 is 133. The van der Waals surface area contributed by atoms with Crippen molar-refractivity contribution in [3.8, 4) is 0 Å². The van der Waals surface area contributed by atoms with E-state index in [1.807, 2.05) is 0 Å². The highest BCUT2D eigenvalue weighted by molar-refractivity contribution is 7.89. The number of benzene rings is 2. The largest absolute Gasteiger partial charge is 0.465 e. The highest BCUT2D eigenvalue weighted by Gasteiger charge is 2.39. The maximum absolute atomic E-state index is 14.1. The van der Waals surface area contributed by atoms with Crippen molar-refractivity contribution in [3.05, 3.63) is 65.7 Å². The molecular formula is C25H34F2N2O5S. The van der Waals surface area contributed by atoms with Crippen LogP contribution in [0, 0.1) is 17.6 Å². The van der Waals surface area contributed by atoms with E-state index in [1.54, 1.807) is 0 Å². The summed E-state index contributed by atoms with van der Waals surface area (Å²) in [6.45, 7) is 1.16. The quantitative estimate of drug-likeness (QED) is 0.484. The third-order valence-electron chi connectivity index (χ3n) is 4.41. The molecule has 0 saturated heterocycles. The zero-order valence-corrected chi connectivity index (χ0v) is 20.7. The van der Waals surface area contributed by atoms with E-state index in [9.17, 15) is 33.6 Å². The number of amides is 1. The van der Waals surface area contributed by atoms with E-state index in [2.05, 4.69) is 0 Å². The Labute approximate surface area is 218 Å². The van der Waals surface area contributed by atoms with Crippen LogP contribution in [0.25, 0.3) is 0 Å². The van der Waals surface area contributed by atoms with E-state index in [0.717, 1.165) is 32.9 Å². The maximum Gasteiger partial charge on any atom is 0.408 e. The van der Waals surface area contributed by atoms with Crippen LogP contribution in [0.2, 0.25) is 0 Å². The van der Waals surface area contributed by atoms with E-state index >= 15 is 0 Å². The molecule has 10 heteroatoms. The van der Waals surface area contributed by atoms with Crippen molar-refractivity contribution in [2.24, 2.45) is 5.92 Å². The summed E-state index contributed by atoms with van der Waals surface area (Å²) in [5, 5.41) is 22.1. The fraction of sp³-hybridized carbons (Fsp3) is 0.480. The van der Waals surface area contributed by atoms with Gasteiger partial charge in [-0.15, -0.1) is 0 Å². The van der Waals surface area contributed by atoms with Gasteiger partial charge in [-0.1, -0.05) is 44.1 Å². The Hall–Kier alpha value is -2.56. The van der Waals surface area contributed by atoms with Gasteiger partial charge in [0.1, 0.15) is 0 Å². The molecular weight excluding hydrogens is 478 g/mol. The first kappa shape index (κ1) is 17.8. The van der Waals surface area contributed by atoms with Gasteiger partial charge in [-0.05, 0) is 56.8 Å². The van der Waals surface area contributed by atoms with E-state index in [1.165, 1.54) is 13.8 Å². The van der Waals surface area contributed by atoms with E-state index in [-0.39, 0.29) is 15.3 Å². The molecule has 7 nitrogen and oxygen atoms in total. The second kappa shape index (κ2) is 11.5. The number of hydrogen-bond donors (Lipinski definition) is 2. The van der Waals surface area contributed by atoms with Crippen LogP contribution in [-0.2, 0) is 16.4 Å². The Morgan fingerprint density at radius 1 is 1.20 bits per heavy atom. The Kier molecular flexibility index (Phi) is 5.82. The molecule has 0 aliphatic rings. The molecule has 2 atom stereocenters. The third kappa shape index (κ3) is 7.46. The van der Waals surface area contributed by atoms with Gasteiger partial charge in [-0.3, -0.25) is 4.90 Å². The summed E-state index contributed by atoms with van der Waals surface area (Å²) in [6, 6.07) is -3.75. The van der Waals surface area contributed by atoms with Gasteiger partial charge in [0, 0.05) is 24.1 Å². The molecule has 0 radical (unpaired) electrons. The molecule has 0 saturated carbocycles. The van der Waals surface area contributed by atoms with Gasteiger partial charge < -0.3 is 10.2 Å². The smallest absolute Gasteiger partial charge is 0.408 e. The third-order valence-corrected chi connectivity index (χ3v) is 6.08. The number of nitrogens with zero attached hydrogens (tertiary/aromatic N) is 2. The highest BCUT2D eigenvalue weighted by Crippen LogP contribution is 2.26. The van der Waals surface area contributed by atoms with Gasteiger partial charge >= 0.3 is 6.09 Å². The number of carbonyl (C=O) groups is 1. The highest BCUT2D eigenvalue weighted by atomic mass is 32.2. The lowest BCUT2D eigenvalue weighted by molar-refractivity contribution is 0.000538. The summed E-state index contributed by atoms with van der Waals surface area (Å²) in [7, 11) is -5.34. The Balaban J connectivity index is 3.11. The molecule has 2 N–H and O–H groups in total. The van der Waals surface area contributed by atoms with Crippen molar-refractivity contribution in [2.45, 2.75) is 63.5 Å². The van der Waals surface area contributed by atoms with Crippen LogP contribution in [0.1, 0.15) is 52.5 Å². The molecule has 0 spiro atoms. The average molecular weight is 522 g/mol. The first-order valence-corrected chi connectivity index (χ1v) is 11.9. The topological polar surface area (TPSA) is 98.2 Å². The van der Waals surface area contributed by atoms with Gasteiger partial charge in [0.05, 0.1) is 23.8 Å². The van der Waals surface area contributed by atoms with Gasteiger partial charge in [-0.2, -0.15) is 4.31 Å². The van der Waals surface area contributed by atoms with Crippen LogP contribution in [0.4, 0.5) is 13.6 Å². The molecule has 2 aromatic carbocycles. The molecule has 0 bridgehead atoms. The normalized spacial score (nSPS) is 20.6. The van der Waals surface area contributed by atoms with Crippen molar-refractivity contribution >= 4 is 16.1 Å². The number of hydrogen-bond acceptors (Lipinski definition) is 4. The zero-order chi connectivity index (χ0) is 34.6. The van der Waals surface area contributed by atoms with Crippen LogP contribution in [-0.4, -0.2) is 64.6 Å². The van der Waals surface area contributed by atoms with Crippen LogP contribution < -0.4 is 0 Å². The van der Waals surface area contributed by atoms with Gasteiger partial charge in [0.15, 0.2) is 11.6 Å². The second-order valence-electron chi connectivity index (χ2n) is 8.87. The summed E-state index contributed by atoms with van der Waals surface area (Å²) in [5.41, 5.74) is -2.89. The van der Waals surface area contributed by atoms with E-state index in [4.69, 9.17) is 11.0 Å². The molecule has 0 aromatic heterocycles. The second-order valence-corrected chi connectivity index (χ2v) is 10.7. The summed E-state index contributed by atoms with van der Waals surface area (Å²) in [4.78, 5) is 11.6. The molecule has 0 heterocycles. The van der Waals surface area contributed by atoms with E-state index < -0.39 is 99.3 Å². The molecule has 35 heavy (non-hydrogen) atoms. The lowest BCUT2D eigenvalue weighted by Gasteiger charge is -2.42. The van der Waals surface area contributed by atoms with Gasteiger partial charge in [0.25, 0.3) is 0 Å². The zero-order valence-electron chi connectivity index (χ0n) is 28.8. The fourth-order valence-corrected chi connectivity index (χ4v) is 4.37. The SMILES string of the molecule is [2H]c1ccc(C([2H])([2H])[C@]([2H])(N(C(=O)O)C(C)(C)C)[C@]([2H])(O)C([2H])([2H])N(CC(C)C)S(=O)(=O)c2ccc(F)c(F)c2)c([2H])c1[2H]. The number of carboxylic acid groups (broad SMARTS) is 1. The molecule has 0 aliphatic carbocycles. The number of sulfonamides is 1. The lowest BCUT2D eigenvalue weighted by Crippen LogP contribution is -2.58. The summed E-state index contributed by atoms with van der Waals surface area (Å²) >= 11 is 0. The fourth-order valence-electron chi connectivity index (χ4n) is 2.92. The average Bonchev–Trinajstić information content (AvgIpc) is 2.85. The first-order chi connectivity index (χ1) is 19.6. The predicted molar refractivity (Wildman–Crippen MR) is 130 cm³/mol. The van der Waals surface area contributed by atoms with Crippen molar-refractivity contribution in [1.82, 2.24) is 9.21 Å². The number of rotatable bonds is 10. The van der Waals surface area contributed by atoms with Gasteiger partial charge in [0.2, 0.25) is 10.0 Å². The molecule has 0 aliphatic heterocycles. The van der Waals surface area contributed by atoms with Crippen molar-refractivity contribution < 1.29 is 44.5 Å². The molecule has 0 fully saturated rings. The monoisotopic (exact) mass is 521 g/mol. The van der Waals surface area contributed by atoms with Crippen molar-refractivity contribution in [1.29, 1.82) is 0 Å². The minimum atomic E-state index is -5.34. The minimum absolute atomic E-state index is 0.0970. The molecule has 2 aromatic rings. The number of halogens is 2. The number of aliphatic hydroxyl groups is 1. The maximum atomic E-state index is 14.1. The lowest BCUT2D eigenvalue weighted by atomic mass is 9.94. The van der Waals surface area contributed by atoms with Gasteiger partial charge in [-0.25, -0.2) is 22.0 Å². The Morgan fingerprint density at radius 2 is 1.86 bits per heavy atom. The van der Waals surface area contributed by atoms with Crippen LogP contribution in [0.15, 0.2) is 53.4 Å². The molecule has 194 valence electrons. The minimum Gasteiger partial charge on any atom is -0.465 e. The van der Waals surface area contributed by atoms with Crippen LogP contribution >= 0.6 is 0 Å². The molecule has 0 unspecified atom stereocenters.